The summed E-state index contributed by atoms with van der Waals surface area (Å²) in [5, 5.41) is 13.5. The first kappa shape index (κ1) is 19.2. The average Bonchev–Trinajstić information content (AvgIpc) is 2.47. The van der Waals surface area contributed by atoms with Crippen LogP contribution in [0.2, 0.25) is 0 Å². The Balaban J connectivity index is 0.000000335. The van der Waals surface area contributed by atoms with E-state index in [1.54, 1.807) is 13.1 Å². The smallest absolute Gasteiger partial charge is 0.296 e. The highest BCUT2D eigenvalue weighted by Gasteiger charge is 2.22. The van der Waals surface area contributed by atoms with Crippen LogP contribution < -0.4 is 10.1 Å². The average molecular weight is 366 g/mol. The fraction of sp³-hybridized carbons (Fsp3) is 0.500. The lowest BCUT2D eigenvalue weighted by molar-refractivity contribution is -0.384. The van der Waals surface area contributed by atoms with Crippen LogP contribution in [-0.4, -0.2) is 42.0 Å². The topological polar surface area (TPSA) is 82.9 Å². The summed E-state index contributed by atoms with van der Waals surface area (Å²) >= 11 is 11.8. The van der Waals surface area contributed by atoms with Crippen molar-refractivity contribution in [3.05, 3.63) is 28.3 Å². The molecule has 0 atom stereocenters. The zero-order valence-corrected chi connectivity index (χ0v) is 14.6. The quantitative estimate of drug-likeness (QED) is 0.284. The van der Waals surface area contributed by atoms with Crippen LogP contribution in [0.4, 0.5) is 11.4 Å². The fourth-order valence-electron chi connectivity index (χ4n) is 1.60. The Bertz CT molecular complexity index is 481. The Labute approximate surface area is 145 Å². The first-order valence-electron chi connectivity index (χ1n) is 6.32. The van der Waals surface area contributed by atoms with E-state index >= 15 is 0 Å². The molecule has 0 aromatic heterocycles. The van der Waals surface area contributed by atoms with Gasteiger partial charge in [-0.3, -0.25) is 10.1 Å². The highest BCUT2D eigenvalue weighted by molar-refractivity contribution is 8.16. The molecular weight excluding hydrogens is 348 g/mol. The molecule has 1 heterocycles. The van der Waals surface area contributed by atoms with Crippen molar-refractivity contribution in [1.29, 1.82) is 0 Å². The third-order valence-electron chi connectivity index (χ3n) is 2.44. The van der Waals surface area contributed by atoms with E-state index in [4.69, 9.17) is 14.2 Å². The number of rotatable bonds is 4. The minimum absolute atomic E-state index is 0.0840. The molecule has 1 saturated heterocycles. The standard InChI is InChI=1S/C8H10N2O3S3.C4H8O2/c1-9-7-5(10(11)12)3-2-4-6(7)13-8(14,15)16;1-2-6-4-3-5-1/h2-4,9,14-16H,1H3;1-4H2. The SMILES string of the molecule is C1COCCO1.CNc1c(OC(S)(S)S)cccc1[N+](=O)[O-]. The van der Waals surface area contributed by atoms with Gasteiger partial charge in [-0.1, -0.05) is 6.07 Å². The summed E-state index contributed by atoms with van der Waals surface area (Å²) in [4.78, 5) is 10.2. The Hall–Kier alpha value is -0.810. The molecule has 1 aliphatic rings. The summed E-state index contributed by atoms with van der Waals surface area (Å²) in [6.45, 7) is 3.11. The highest BCUT2D eigenvalue weighted by atomic mass is 32.2. The van der Waals surface area contributed by atoms with Gasteiger partial charge in [-0.2, -0.15) is 0 Å². The summed E-state index contributed by atoms with van der Waals surface area (Å²) in [6, 6.07) is 4.45. The molecule has 0 aliphatic carbocycles. The summed E-state index contributed by atoms with van der Waals surface area (Å²) in [5.41, 5.74) is 0.174. The number of thiol groups is 3. The molecule has 22 heavy (non-hydrogen) atoms. The number of para-hydroxylation sites is 1. The van der Waals surface area contributed by atoms with Crippen molar-refractivity contribution in [2.24, 2.45) is 0 Å². The third-order valence-corrected chi connectivity index (χ3v) is 2.72. The molecule has 0 amide bonds. The number of ether oxygens (including phenoxy) is 3. The van der Waals surface area contributed by atoms with Crippen LogP contribution in [0.5, 0.6) is 5.75 Å². The Morgan fingerprint density at radius 3 is 2.14 bits per heavy atom. The molecule has 124 valence electrons. The summed E-state index contributed by atoms with van der Waals surface area (Å²) < 4.78 is 13.8. The monoisotopic (exact) mass is 366 g/mol. The van der Waals surface area contributed by atoms with E-state index in [0.717, 1.165) is 26.4 Å². The maximum atomic E-state index is 10.8. The number of nitro groups is 1. The van der Waals surface area contributed by atoms with Gasteiger partial charge in [-0.15, -0.1) is 37.9 Å². The Morgan fingerprint density at radius 1 is 1.23 bits per heavy atom. The van der Waals surface area contributed by atoms with E-state index in [0.29, 0.717) is 0 Å². The molecule has 0 radical (unpaired) electrons. The second-order valence-electron chi connectivity index (χ2n) is 4.06. The third kappa shape index (κ3) is 6.97. The lowest BCUT2D eigenvalue weighted by Crippen LogP contribution is -2.16. The van der Waals surface area contributed by atoms with Crippen LogP contribution in [0.1, 0.15) is 0 Å². The number of hydrogen-bond donors (Lipinski definition) is 4. The van der Waals surface area contributed by atoms with Crippen LogP contribution in [0, 0.1) is 10.1 Å². The Morgan fingerprint density at radius 2 is 1.77 bits per heavy atom. The van der Waals surface area contributed by atoms with E-state index in [1.807, 2.05) is 0 Å². The van der Waals surface area contributed by atoms with Crippen molar-refractivity contribution >= 4 is 49.3 Å². The molecule has 2 rings (SSSR count). The van der Waals surface area contributed by atoms with E-state index < -0.39 is 8.52 Å². The van der Waals surface area contributed by atoms with Crippen molar-refractivity contribution in [3.63, 3.8) is 0 Å². The number of nitrogens with zero attached hydrogens (tertiary/aromatic N) is 1. The zero-order chi connectivity index (χ0) is 16.6. The van der Waals surface area contributed by atoms with Crippen molar-refractivity contribution < 1.29 is 19.1 Å². The molecule has 1 fully saturated rings. The maximum Gasteiger partial charge on any atom is 0.296 e. The van der Waals surface area contributed by atoms with Crippen LogP contribution >= 0.6 is 37.9 Å². The van der Waals surface area contributed by atoms with Crippen LogP contribution in [0.25, 0.3) is 0 Å². The molecule has 0 saturated carbocycles. The highest BCUT2D eigenvalue weighted by Crippen LogP contribution is 2.38. The van der Waals surface area contributed by atoms with Gasteiger partial charge >= 0.3 is 0 Å². The largest absolute Gasteiger partial charge is 0.456 e. The predicted molar refractivity (Wildman–Crippen MR) is 94.6 cm³/mol. The molecular formula is C12H18N2O5S3. The van der Waals surface area contributed by atoms with Gasteiger partial charge in [-0.25, -0.2) is 0 Å². The zero-order valence-electron chi connectivity index (χ0n) is 11.9. The molecule has 0 spiro atoms. The second kappa shape index (κ2) is 9.36. The minimum atomic E-state index is -1.30. The minimum Gasteiger partial charge on any atom is -0.456 e. The van der Waals surface area contributed by atoms with Gasteiger partial charge in [0.15, 0.2) is 11.4 Å². The lowest BCUT2D eigenvalue weighted by Gasteiger charge is -2.19. The number of anilines is 1. The van der Waals surface area contributed by atoms with Gasteiger partial charge < -0.3 is 19.5 Å². The number of nitrogens with one attached hydrogen (secondary N) is 1. The van der Waals surface area contributed by atoms with Gasteiger partial charge in [0.2, 0.25) is 3.60 Å². The fourth-order valence-corrected chi connectivity index (χ4v) is 1.89. The molecule has 1 N–H and O–H groups in total. The van der Waals surface area contributed by atoms with Crippen LogP contribution in [0.15, 0.2) is 18.2 Å². The van der Waals surface area contributed by atoms with E-state index in [9.17, 15) is 10.1 Å². The van der Waals surface area contributed by atoms with E-state index in [-0.39, 0.29) is 17.1 Å². The van der Waals surface area contributed by atoms with Crippen molar-refractivity contribution in [2.45, 2.75) is 3.60 Å². The molecule has 0 bridgehead atoms. The first-order valence-corrected chi connectivity index (χ1v) is 7.66. The van der Waals surface area contributed by atoms with E-state index in [1.165, 1.54) is 12.1 Å². The summed E-state index contributed by atoms with van der Waals surface area (Å²) in [7, 11) is 1.56. The van der Waals surface area contributed by atoms with Gasteiger partial charge in [-0.05, 0) is 6.07 Å². The predicted octanol–water partition coefficient (Wildman–Crippen LogP) is 2.45. The van der Waals surface area contributed by atoms with Crippen molar-refractivity contribution in [1.82, 2.24) is 0 Å². The molecule has 1 aliphatic heterocycles. The number of nitro benzene ring substituents is 1. The van der Waals surface area contributed by atoms with Gasteiger partial charge in [0.1, 0.15) is 0 Å². The van der Waals surface area contributed by atoms with Crippen molar-refractivity contribution in [3.8, 4) is 5.75 Å². The molecule has 1 aromatic carbocycles. The molecule has 10 heteroatoms. The lowest BCUT2D eigenvalue weighted by atomic mass is 10.2. The van der Waals surface area contributed by atoms with Crippen LogP contribution in [-0.2, 0) is 9.47 Å². The van der Waals surface area contributed by atoms with Gasteiger partial charge in [0.05, 0.1) is 31.4 Å². The maximum absolute atomic E-state index is 10.8. The molecule has 1 aromatic rings. The van der Waals surface area contributed by atoms with E-state index in [2.05, 4.69) is 43.2 Å². The number of hydrogen-bond acceptors (Lipinski definition) is 9. The molecule has 7 nitrogen and oxygen atoms in total. The summed E-state index contributed by atoms with van der Waals surface area (Å²) in [6.07, 6.45) is 0. The number of benzene rings is 1. The second-order valence-corrected chi connectivity index (χ2v) is 7.01. The van der Waals surface area contributed by atoms with Crippen molar-refractivity contribution in [2.75, 3.05) is 38.8 Å². The Kier molecular flexibility index (Phi) is 8.18. The first-order chi connectivity index (χ1) is 10.3. The molecule has 0 unspecified atom stereocenters. The normalized spacial score (nSPS) is 14.5. The van der Waals surface area contributed by atoms with Gasteiger partial charge in [0.25, 0.3) is 5.69 Å². The van der Waals surface area contributed by atoms with Crippen LogP contribution in [0.3, 0.4) is 0 Å². The summed E-state index contributed by atoms with van der Waals surface area (Å²) in [5.74, 6) is 0.261. The van der Waals surface area contributed by atoms with Gasteiger partial charge in [0, 0.05) is 13.1 Å².